The quantitative estimate of drug-likeness (QED) is 0.772. The fourth-order valence-corrected chi connectivity index (χ4v) is 2.40. The molecule has 2 rings (SSSR count). The molecule has 1 aromatic heterocycles. The number of hydrogen-bond donors (Lipinski definition) is 2. The lowest BCUT2D eigenvalue weighted by Gasteiger charge is -2.34. The molecule has 1 aliphatic heterocycles. The molecule has 22 heavy (non-hydrogen) atoms. The van der Waals surface area contributed by atoms with E-state index in [1.165, 1.54) is 6.20 Å². The molecule has 120 valence electrons. The average molecular weight is 306 g/mol. The summed E-state index contributed by atoms with van der Waals surface area (Å²) in [5, 5.41) is 11.6. The SMILES string of the molecule is CCNC(=O)c1ccc(C(=O)N2CCN(CCO)CC2)nc1. The third-order valence-corrected chi connectivity index (χ3v) is 3.66. The smallest absolute Gasteiger partial charge is 0.272 e. The predicted octanol–water partition coefficient (Wildman–Crippen LogP) is -0.419. The number of aliphatic hydroxyl groups excluding tert-OH is 1. The van der Waals surface area contributed by atoms with Crippen molar-refractivity contribution >= 4 is 11.8 Å². The van der Waals surface area contributed by atoms with E-state index >= 15 is 0 Å². The monoisotopic (exact) mass is 306 g/mol. The first-order valence-electron chi connectivity index (χ1n) is 7.52. The van der Waals surface area contributed by atoms with Crippen molar-refractivity contribution in [2.45, 2.75) is 6.92 Å². The summed E-state index contributed by atoms with van der Waals surface area (Å²) in [5.74, 6) is -0.308. The molecule has 1 saturated heterocycles. The van der Waals surface area contributed by atoms with Gasteiger partial charge < -0.3 is 15.3 Å². The highest BCUT2D eigenvalue weighted by Gasteiger charge is 2.22. The van der Waals surface area contributed by atoms with Gasteiger partial charge in [0.1, 0.15) is 5.69 Å². The van der Waals surface area contributed by atoms with Crippen molar-refractivity contribution in [2.24, 2.45) is 0 Å². The summed E-state index contributed by atoms with van der Waals surface area (Å²) >= 11 is 0. The van der Waals surface area contributed by atoms with E-state index in [0.717, 1.165) is 13.1 Å². The van der Waals surface area contributed by atoms with E-state index < -0.39 is 0 Å². The van der Waals surface area contributed by atoms with Gasteiger partial charge in [-0.25, -0.2) is 0 Å². The summed E-state index contributed by atoms with van der Waals surface area (Å²) in [6.07, 6.45) is 1.43. The molecular formula is C15H22N4O3. The Labute approximate surface area is 129 Å². The topological polar surface area (TPSA) is 85.8 Å². The second-order valence-electron chi connectivity index (χ2n) is 5.15. The zero-order valence-corrected chi connectivity index (χ0v) is 12.8. The number of aliphatic hydroxyl groups is 1. The summed E-state index contributed by atoms with van der Waals surface area (Å²) < 4.78 is 0. The average Bonchev–Trinajstić information content (AvgIpc) is 2.55. The Balaban J connectivity index is 1.94. The Morgan fingerprint density at radius 1 is 1.27 bits per heavy atom. The van der Waals surface area contributed by atoms with Gasteiger partial charge in [0.15, 0.2) is 0 Å². The summed E-state index contributed by atoms with van der Waals surface area (Å²) in [7, 11) is 0. The van der Waals surface area contributed by atoms with E-state index in [9.17, 15) is 9.59 Å². The third-order valence-electron chi connectivity index (χ3n) is 3.66. The predicted molar refractivity (Wildman–Crippen MR) is 81.7 cm³/mol. The maximum atomic E-state index is 12.4. The van der Waals surface area contributed by atoms with Crippen molar-refractivity contribution in [3.05, 3.63) is 29.6 Å². The Bertz CT molecular complexity index is 510. The van der Waals surface area contributed by atoms with E-state index in [2.05, 4.69) is 15.2 Å². The lowest BCUT2D eigenvalue weighted by Crippen LogP contribution is -2.49. The minimum Gasteiger partial charge on any atom is -0.395 e. The number of hydrogen-bond acceptors (Lipinski definition) is 5. The first-order valence-corrected chi connectivity index (χ1v) is 7.52. The van der Waals surface area contributed by atoms with Crippen LogP contribution < -0.4 is 5.32 Å². The number of piperazine rings is 1. The second-order valence-corrected chi connectivity index (χ2v) is 5.15. The number of nitrogens with zero attached hydrogens (tertiary/aromatic N) is 3. The number of rotatable bonds is 5. The molecule has 7 heteroatoms. The normalized spacial score (nSPS) is 15.6. The van der Waals surface area contributed by atoms with Crippen LogP contribution in [0.2, 0.25) is 0 Å². The summed E-state index contributed by atoms with van der Waals surface area (Å²) in [6, 6.07) is 3.21. The maximum Gasteiger partial charge on any atom is 0.272 e. The number of nitrogens with one attached hydrogen (secondary N) is 1. The fourth-order valence-electron chi connectivity index (χ4n) is 2.40. The first-order chi connectivity index (χ1) is 10.7. The van der Waals surface area contributed by atoms with Crippen LogP contribution in [0.3, 0.4) is 0 Å². The van der Waals surface area contributed by atoms with Crippen LogP contribution in [0.15, 0.2) is 18.3 Å². The highest BCUT2D eigenvalue weighted by atomic mass is 16.3. The minimum absolute atomic E-state index is 0.119. The molecule has 2 amide bonds. The lowest BCUT2D eigenvalue weighted by atomic mass is 10.2. The van der Waals surface area contributed by atoms with Crippen LogP contribution in [-0.2, 0) is 0 Å². The molecule has 1 aromatic rings. The summed E-state index contributed by atoms with van der Waals surface area (Å²) in [6.45, 7) is 5.93. The zero-order valence-electron chi connectivity index (χ0n) is 12.8. The second kappa shape index (κ2) is 7.86. The van der Waals surface area contributed by atoms with Crippen molar-refractivity contribution in [3.8, 4) is 0 Å². The molecule has 0 spiro atoms. The molecule has 0 radical (unpaired) electrons. The molecule has 0 unspecified atom stereocenters. The third kappa shape index (κ3) is 4.02. The van der Waals surface area contributed by atoms with Crippen LogP contribution in [0.1, 0.15) is 27.8 Å². The molecule has 7 nitrogen and oxygen atoms in total. The van der Waals surface area contributed by atoms with E-state index in [1.54, 1.807) is 17.0 Å². The van der Waals surface area contributed by atoms with Gasteiger partial charge in [-0.3, -0.25) is 19.5 Å². The number of pyridine rings is 1. The summed E-state index contributed by atoms with van der Waals surface area (Å²) in [4.78, 5) is 32.0. The van der Waals surface area contributed by atoms with E-state index in [-0.39, 0.29) is 18.4 Å². The highest BCUT2D eigenvalue weighted by molar-refractivity contribution is 5.96. The van der Waals surface area contributed by atoms with Gasteiger partial charge in [-0.05, 0) is 19.1 Å². The molecule has 2 N–H and O–H groups in total. The number of carbonyl (C=O) groups excluding carboxylic acids is 2. The van der Waals surface area contributed by atoms with E-state index in [0.29, 0.717) is 37.4 Å². The van der Waals surface area contributed by atoms with Crippen LogP contribution in [0, 0.1) is 0 Å². The molecule has 2 heterocycles. The van der Waals surface area contributed by atoms with Gasteiger partial charge in [0, 0.05) is 45.5 Å². The molecule has 0 aliphatic carbocycles. The van der Waals surface area contributed by atoms with Crippen LogP contribution in [0.4, 0.5) is 0 Å². The number of carbonyl (C=O) groups is 2. The molecular weight excluding hydrogens is 284 g/mol. The highest BCUT2D eigenvalue weighted by Crippen LogP contribution is 2.08. The largest absolute Gasteiger partial charge is 0.395 e. The van der Waals surface area contributed by atoms with Gasteiger partial charge in [0.25, 0.3) is 11.8 Å². The van der Waals surface area contributed by atoms with Gasteiger partial charge in [-0.15, -0.1) is 0 Å². The minimum atomic E-state index is -0.188. The first kappa shape index (κ1) is 16.4. The molecule has 0 bridgehead atoms. The zero-order chi connectivity index (χ0) is 15.9. The van der Waals surface area contributed by atoms with Crippen molar-refractivity contribution in [1.29, 1.82) is 0 Å². The summed E-state index contributed by atoms with van der Waals surface area (Å²) in [5.41, 5.74) is 0.801. The molecule has 0 atom stereocenters. The van der Waals surface area contributed by atoms with Crippen LogP contribution in [0.25, 0.3) is 0 Å². The Kier molecular flexibility index (Phi) is 5.85. The van der Waals surface area contributed by atoms with Gasteiger partial charge in [-0.2, -0.15) is 0 Å². The number of β-amino-alcohol motifs (C(OH)–C–C–N with tert-alkyl or cyclic N) is 1. The Morgan fingerprint density at radius 3 is 2.55 bits per heavy atom. The molecule has 1 aliphatic rings. The maximum absolute atomic E-state index is 12.4. The van der Waals surface area contributed by atoms with Gasteiger partial charge in [0.2, 0.25) is 0 Å². The Morgan fingerprint density at radius 2 is 2.00 bits per heavy atom. The molecule has 0 aromatic carbocycles. The lowest BCUT2D eigenvalue weighted by molar-refractivity contribution is 0.0609. The molecule has 0 saturated carbocycles. The van der Waals surface area contributed by atoms with Gasteiger partial charge in [-0.1, -0.05) is 0 Å². The van der Waals surface area contributed by atoms with Crippen molar-refractivity contribution < 1.29 is 14.7 Å². The van der Waals surface area contributed by atoms with Gasteiger partial charge in [0.05, 0.1) is 12.2 Å². The Hall–Kier alpha value is -1.99. The van der Waals surface area contributed by atoms with Gasteiger partial charge >= 0.3 is 0 Å². The van der Waals surface area contributed by atoms with Crippen LogP contribution >= 0.6 is 0 Å². The van der Waals surface area contributed by atoms with Crippen LogP contribution in [0.5, 0.6) is 0 Å². The van der Waals surface area contributed by atoms with E-state index in [1.807, 2.05) is 6.92 Å². The molecule has 1 fully saturated rings. The van der Waals surface area contributed by atoms with Crippen molar-refractivity contribution in [1.82, 2.24) is 20.1 Å². The fraction of sp³-hybridized carbons (Fsp3) is 0.533. The number of amides is 2. The number of aromatic nitrogens is 1. The van der Waals surface area contributed by atoms with Crippen LogP contribution in [-0.4, -0.2) is 77.6 Å². The van der Waals surface area contributed by atoms with Crippen molar-refractivity contribution in [3.63, 3.8) is 0 Å². The van der Waals surface area contributed by atoms with E-state index in [4.69, 9.17) is 5.11 Å². The standard InChI is InChI=1S/C15H22N4O3/c1-2-16-14(21)12-3-4-13(17-11-12)15(22)19-7-5-18(6-8-19)9-10-20/h3-4,11,20H,2,5-10H2,1H3,(H,16,21). The van der Waals surface area contributed by atoms with Crippen molar-refractivity contribution in [2.75, 3.05) is 45.9 Å².